The molecule has 0 spiro atoms. The Kier molecular flexibility index (Phi) is 10.5. The number of ether oxygens (including phenoxy) is 1. The standard InChI is InChI=1S/C36H46N4O3/c1-24(2)29-15-12-16-30(25(3)4)35(29)38-36(42)40(26(5)6)23-34(41)39(22-28-13-8-11-18-33(28)43-7)20-19-27-21-37-32-17-10-9-14-31(27)32/h8-18,21,24-26,37H,19-20,22-23H2,1-7H3,(H,38,42). The lowest BCUT2D eigenvalue weighted by Gasteiger charge is -2.31. The molecule has 2 N–H and O–H groups in total. The van der Waals surface area contributed by atoms with Gasteiger partial charge in [0, 0.05) is 47.5 Å². The van der Waals surface area contributed by atoms with Crippen LogP contribution in [-0.2, 0) is 17.8 Å². The van der Waals surface area contributed by atoms with Crippen molar-refractivity contribution < 1.29 is 14.3 Å². The van der Waals surface area contributed by atoms with E-state index in [0.29, 0.717) is 19.5 Å². The van der Waals surface area contributed by atoms with Gasteiger partial charge in [0.05, 0.1) is 7.11 Å². The number of amides is 3. The average Bonchev–Trinajstić information content (AvgIpc) is 3.40. The highest BCUT2D eigenvalue weighted by atomic mass is 16.5. The second-order valence-electron chi connectivity index (χ2n) is 12.0. The van der Waals surface area contributed by atoms with Gasteiger partial charge in [-0.3, -0.25) is 4.79 Å². The Morgan fingerprint density at radius 2 is 1.49 bits per heavy atom. The van der Waals surface area contributed by atoms with Crippen LogP contribution in [0.1, 0.15) is 75.6 Å². The minimum atomic E-state index is -0.271. The van der Waals surface area contributed by atoms with Crippen molar-refractivity contribution in [1.82, 2.24) is 14.8 Å². The van der Waals surface area contributed by atoms with Crippen LogP contribution < -0.4 is 10.1 Å². The first-order chi connectivity index (χ1) is 20.6. The number of methoxy groups -OCH3 is 1. The smallest absolute Gasteiger partial charge is 0.322 e. The predicted molar refractivity (Wildman–Crippen MR) is 176 cm³/mol. The molecule has 7 nitrogen and oxygen atoms in total. The molecule has 0 saturated heterocycles. The van der Waals surface area contributed by atoms with Crippen molar-refractivity contribution in [1.29, 1.82) is 0 Å². The highest BCUT2D eigenvalue weighted by molar-refractivity contribution is 5.94. The van der Waals surface area contributed by atoms with Crippen molar-refractivity contribution >= 4 is 28.5 Å². The largest absolute Gasteiger partial charge is 0.496 e. The summed E-state index contributed by atoms with van der Waals surface area (Å²) in [6.45, 7) is 13.2. The Labute approximate surface area is 256 Å². The van der Waals surface area contributed by atoms with E-state index in [1.165, 1.54) is 0 Å². The molecule has 1 aromatic heterocycles. The van der Waals surface area contributed by atoms with E-state index in [-0.39, 0.29) is 36.4 Å². The molecule has 7 heteroatoms. The van der Waals surface area contributed by atoms with E-state index in [0.717, 1.165) is 44.6 Å². The molecule has 1 heterocycles. The Bertz CT molecular complexity index is 1510. The predicted octanol–water partition coefficient (Wildman–Crippen LogP) is 7.94. The van der Waals surface area contributed by atoms with Crippen LogP contribution in [0.25, 0.3) is 10.9 Å². The second kappa shape index (κ2) is 14.3. The Morgan fingerprint density at radius 1 is 0.837 bits per heavy atom. The minimum Gasteiger partial charge on any atom is -0.496 e. The zero-order valence-corrected chi connectivity index (χ0v) is 26.6. The molecule has 0 radical (unpaired) electrons. The van der Waals surface area contributed by atoms with Gasteiger partial charge in [-0.1, -0.05) is 82.3 Å². The third-order valence-corrected chi connectivity index (χ3v) is 8.03. The van der Waals surface area contributed by atoms with Crippen LogP contribution in [0.4, 0.5) is 10.5 Å². The van der Waals surface area contributed by atoms with Gasteiger partial charge in [0.25, 0.3) is 0 Å². The third-order valence-electron chi connectivity index (χ3n) is 8.03. The molecule has 0 aliphatic carbocycles. The fraction of sp³-hybridized carbons (Fsp3) is 0.389. The minimum absolute atomic E-state index is 0.0343. The number of carbonyl (C=O) groups is 2. The molecule has 4 aromatic rings. The van der Waals surface area contributed by atoms with Crippen LogP contribution in [0.15, 0.2) is 72.9 Å². The number of benzene rings is 3. The molecular formula is C36H46N4O3. The van der Waals surface area contributed by atoms with Crippen LogP contribution in [0.5, 0.6) is 5.75 Å². The molecule has 228 valence electrons. The quantitative estimate of drug-likeness (QED) is 0.178. The van der Waals surface area contributed by atoms with E-state index >= 15 is 0 Å². The summed E-state index contributed by atoms with van der Waals surface area (Å²) in [5.41, 5.74) is 6.17. The maximum Gasteiger partial charge on any atom is 0.322 e. The van der Waals surface area contributed by atoms with Gasteiger partial charge in [0.1, 0.15) is 12.3 Å². The number of aromatic amines is 1. The lowest BCUT2D eigenvalue weighted by molar-refractivity contribution is -0.132. The summed E-state index contributed by atoms with van der Waals surface area (Å²) in [6.07, 6.45) is 2.70. The van der Waals surface area contributed by atoms with Crippen LogP contribution in [0.2, 0.25) is 0 Å². The van der Waals surface area contributed by atoms with E-state index in [4.69, 9.17) is 4.74 Å². The number of carbonyl (C=O) groups excluding carboxylic acids is 2. The zero-order valence-electron chi connectivity index (χ0n) is 26.6. The number of aromatic nitrogens is 1. The van der Waals surface area contributed by atoms with Crippen molar-refractivity contribution in [2.45, 2.75) is 72.4 Å². The topological polar surface area (TPSA) is 77.7 Å². The number of anilines is 1. The van der Waals surface area contributed by atoms with E-state index in [1.807, 2.05) is 67.4 Å². The molecule has 0 aliphatic rings. The first kappa shape index (κ1) is 31.7. The molecule has 0 saturated carbocycles. The molecule has 3 amide bonds. The van der Waals surface area contributed by atoms with Gasteiger partial charge in [-0.2, -0.15) is 0 Å². The first-order valence-electron chi connectivity index (χ1n) is 15.3. The van der Waals surface area contributed by atoms with Crippen molar-refractivity contribution in [2.75, 3.05) is 25.5 Å². The Hall–Kier alpha value is -4.26. The van der Waals surface area contributed by atoms with Crippen LogP contribution >= 0.6 is 0 Å². The van der Waals surface area contributed by atoms with Crippen molar-refractivity contribution in [3.63, 3.8) is 0 Å². The summed E-state index contributed by atoms with van der Waals surface area (Å²) in [4.78, 5) is 34.7. The molecule has 0 aliphatic heterocycles. The lowest BCUT2D eigenvalue weighted by atomic mass is 9.93. The number of para-hydroxylation sites is 3. The number of urea groups is 1. The van der Waals surface area contributed by atoms with Crippen molar-refractivity contribution in [3.05, 3.63) is 95.2 Å². The number of rotatable bonds is 12. The first-order valence-corrected chi connectivity index (χ1v) is 15.3. The summed E-state index contributed by atoms with van der Waals surface area (Å²) in [7, 11) is 1.64. The number of hydrogen-bond donors (Lipinski definition) is 2. The average molecular weight is 583 g/mol. The summed E-state index contributed by atoms with van der Waals surface area (Å²) >= 11 is 0. The van der Waals surface area contributed by atoms with Crippen molar-refractivity contribution in [2.24, 2.45) is 0 Å². The fourth-order valence-corrected chi connectivity index (χ4v) is 5.53. The van der Waals surface area contributed by atoms with Gasteiger partial charge in [-0.15, -0.1) is 0 Å². The SMILES string of the molecule is COc1ccccc1CN(CCc1c[nH]c2ccccc12)C(=O)CN(C(=O)Nc1c(C(C)C)cccc1C(C)C)C(C)C. The molecule has 0 atom stereocenters. The maximum absolute atomic E-state index is 14.0. The van der Waals surface area contributed by atoms with E-state index in [1.54, 1.807) is 12.0 Å². The monoisotopic (exact) mass is 582 g/mol. The highest BCUT2D eigenvalue weighted by Gasteiger charge is 2.26. The van der Waals surface area contributed by atoms with E-state index < -0.39 is 0 Å². The van der Waals surface area contributed by atoms with Gasteiger partial charge in [-0.05, 0) is 60.9 Å². The van der Waals surface area contributed by atoms with Gasteiger partial charge in [0.15, 0.2) is 0 Å². The summed E-state index contributed by atoms with van der Waals surface area (Å²) in [6, 6.07) is 21.7. The van der Waals surface area contributed by atoms with Crippen molar-refractivity contribution in [3.8, 4) is 5.75 Å². The molecule has 0 unspecified atom stereocenters. The summed E-state index contributed by atoms with van der Waals surface area (Å²) < 4.78 is 5.60. The lowest BCUT2D eigenvalue weighted by Crippen LogP contribution is -2.47. The molecule has 0 fully saturated rings. The molecule has 0 bridgehead atoms. The number of hydrogen-bond acceptors (Lipinski definition) is 3. The normalized spacial score (nSPS) is 11.4. The van der Waals surface area contributed by atoms with Gasteiger partial charge >= 0.3 is 6.03 Å². The van der Waals surface area contributed by atoms with Crippen LogP contribution in [0.3, 0.4) is 0 Å². The van der Waals surface area contributed by atoms with Gasteiger partial charge < -0.3 is 24.8 Å². The number of fused-ring (bicyclic) bond motifs is 1. The molecule has 43 heavy (non-hydrogen) atoms. The summed E-state index contributed by atoms with van der Waals surface area (Å²) in [5, 5.41) is 4.36. The maximum atomic E-state index is 14.0. The van der Waals surface area contributed by atoms with Crippen LogP contribution in [0, 0.1) is 0 Å². The van der Waals surface area contributed by atoms with Gasteiger partial charge in [0.2, 0.25) is 5.91 Å². The zero-order chi connectivity index (χ0) is 31.1. The number of H-pyrrole nitrogens is 1. The molecule has 4 rings (SSSR count). The fourth-order valence-electron chi connectivity index (χ4n) is 5.53. The number of nitrogens with zero attached hydrogens (tertiary/aromatic N) is 2. The summed E-state index contributed by atoms with van der Waals surface area (Å²) in [5.74, 6) is 1.10. The molecular weight excluding hydrogens is 536 g/mol. The molecule has 3 aromatic carbocycles. The van der Waals surface area contributed by atoms with E-state index in [2.05, 4.69) is 62.3 Å². The Morgan fingerprint density at radius 3 is 2.14 bits per heavy atom. The highest BCUT2D eigenvalue weighted by Crippen LogP contribution is 2.33. The van der Waals surface area contributed by atoms with Crippen LogP contribution in [-0.4, -0.2) is 53.0 Å². The second-order valence-corrected chi connectivity index (χ2v) is 12.0. The van der Waals surface area contributed by atoms with E-state index in [9.17, 15) is 9.59 Å². The van der Waals surface area contributed by atoms with Gasteiger partial charge in [-0.25, -0.2) is 4.79 Å². The Balaban J connectivity index is 1.59. The number of nitrogens with one attached hydrogen (secondary N) is 2. The third kappa shape index (κ3) is 7.58.